The van der Waals surface area contributed by atoms with Crippen molar-refractivity contribution in [2.75, 3.05) is 13.3 Å². The second-order valence-corrected chi connectivity index (χ2v) is 7.53. The highest BCUT2D eigenvalue weighted by molar-refractivity contribution is 7.91. The smallest absolute Gasteiger partial charge is 0.151 e. The average molecular weight is 294 g/mol. The van der Waals surface area contributed by atoms with Crippen molar-refractivity contribution < 1.29 is 8.42 Å². The van der Waals surface area contributed by atoms with Crippen LogP contribution in [0.4, 0.5) is 0 Å². The molecular formula is C11H20ClN3O2S. The van der Waals surface area contributed by atoms with Crippen LogP contribution in [0.3, 0.4) is 0 Å². The predicted octanol–water partition coefficient (Wildman–Crippen LogP) is 1.81. The highest BCUT2D eigenvalue weighted by Gasteiger charge is 2.31. The second kappa shape index (κ2) is 5.59. The third kappa shape index (κ3) is 3.05. The molecule has 2 atom stereocenters. The Morgan fingerprint density at radius 2 is 1.94 bits per heavy atom. The number of halogens is 1. The Morgan fingerprint density at radius 3 is 2.33 bits per heavy atom. The molecule has 0 amide bonds. The lowest BCUT2D eigenvalue weighted by atomic mass is 10.1. The molecule has 1 aromatic heterocycles. The van der Waals surface area contributed by atoms with Crippen LogP contribution in [0.25, 0.3) is 0 Å². The van der Waals surface area contributed by atoms with Gasteiger partial charge in [-0.1, -0.05) is 11.6 Å². The molecule has 0 saturated heterocycles. The van der Waals surface area contributed by atoms with Crippen LogP contribution in [0.1, 0.15) is 38.5 Å². The SMILES string of the molecule is CNC(c1c(Cl)cnn1C(C)C)C(C)S(C)(=O)=O. The molecule has 1 heterocycles. The van der Waals surface area contributed by atoms with Crippen LogP contribution in [0.15, 0.2) is 6.20 Å². The van der Waals surface area contributed by atoms with E-state index in [4.69, 9.17) is 11.6 Å². The predicted molar refractivity (Wildman–Crippen MR) is 73.7 cm³/mol. The fourth-order valence-corrected chi connectivity index (χ4v) is 2.90. The van der Waals surface area contributed by atoms with Crippen LogP contribution in [0.2, 0.25) is 5.02 Å². The maximum Gasteiger partial charge on any atom is 0.151 e. The zero-order chi connectivity index (χ0) is 14.1. The van der Waals surface area contributed by atoms with E-state index < -0.39 is 15.1 Å². The maximum atomic E-state index is 11.7. The number of rotatable bonds is 5. The lowest BCUT2D eigenvalue weighted by Gasteiger charge is -2.24. The molecule has 0 aliphatic heterocycles. The van der Waals surface area contributed by atoms with Crippen LogP contribution in [-0.4, -0.2) is 36.8 Å². The van der Waals surface area contributed by atoms with Gasteiger partial charge in [0.05, 0.1) is 28.2 Å². The molecule has 0 bridgehead atoms. The fraction of sp³-hybridized carbons (Fsp3) is 0.727. The zero-order valence-electron chi connectivity index (χ0n) is 11.3. The highest BCUT2D eigenvalue weighted by Crippen LogP contribution is 2.29. The lowest BCUT2D eigenvalue weighted by Crippen LogP contribution is -2.35. The molecule has 104 valence electrons. The van der Waals surface area contributed by atoms with Gasteiger partial charge in [0, 0.05) is 12.3 Å². The first-order valence-corrected chi connectivity index (χ1v) is 8.12. The van der Waals surface area contributed by atoms with E-state index in [-0.39, 0.29) is 12.1 Å². The molecule has 1 aromatic rings. The molecule has 18 heavy (non-hydrogen) atoms. The number of aromatic nitrogens is 2. The molecule has 0 aliphatic carbocycles. The van der Waals surface area contributed by atoms with E-state index in [1.807, 2.05) is 13.8 Å². The van der Waals surface area contributed by atoms with Crippen LogP contribution >= 0.6 is 11.6 Å². The molecule has 5 nitrogen and oxygen atoms in total. The Morgan fingerprint density at radius 1 is 1.39 bits per heavy atom. The van der Waals surface area contributed by atoms with Gasteiger partial charge in [-0.2, -0.15) is 5.10 Å². The minimum atomic E-state index is -3.16. The summed E-state index contributed by atoms with van der Waals surface area (Å²) in [5, 5.41) is 7.13. The molecular weight excluding hydrogens is 274 g/mol. The minimum Gasteiger partial charge on any atom is -0.311 e. The Labute approximate surface area is 113 Å². The first-order chi connectivity index (χ1) is 8.20. The Kier molecular flexibility index (Phi) is 4.80. The van der Waals surface area contributed by atoms with E-state index in [1.54, 1.807) is 24.9 Å². The number of hydrogen-bond acceptors (Lipinski definition) is 4. The van der Waals surface area contributed by atoms with Crippen LogP contribution < -0.4 is 5.32 Å². The Hall–Kier alpha value is -0.590. The van der Waals surface area contributed by atoms with E-state index in [9.17, 15) is 8.42 Å². The van der Waals surface area contributed by atoms with Crippen molar-refractivity contribution in [3.05, 3.63) is 16.9 Å². The van der Waals surface area contributed by atoms with Gasteiger partial charge in [0.2, 0.25) is 0 Å². The summed E-state index contributed by atoms with van der Waals surface area (Å²) in [7, 11) is -1.44. The van der Waals surface area contributed by atoms with Gasteiger partial charge in [0.25, 0.3) is 0 Å². The largest absolute Gasteiger partial charge is 0.311 e. The lowest BCUT2D eigenvalue weighted by molar-refractivity contribution is 0.451. The summed E-state index contributed by atoms with van der Waals surface area (Å²) in [6.07, 6.45) is 2.78. The van der Waals surface area contributed by atoms with Crippen molar-refractivity contribution in [1.82, 2.24) is 15.1 Å². The van der Waals surface area contributed by atoms with Crippen molar-refractivity contribution in [3.63, 3.8) is 0 Å². The number of nitrogens with one attached hydrogen (secondary N) is 1. The molecule has 1 rings (SSSR count). The number of nitrogens with zero attached hydrogens (tertiary/aromatic N) is 2. The number of hydrogen-bond donors (Lipinski definition) is 1. The summed E-state index contributed by atoms with van der Waals surface area (Å²) in [5.74, 6) is 0. The molecule has 2 unspecified atom stereocenters. The minimum absolute atomic E-state index is 0.120. The van der Waals surface area contributed by atoms with Crippen LogP contribution in [-0.2, 0) is 9.84 Å². The summed E-state index contributed by atoms with van der Waals surface area (Å²) in [5.41, 5.74) is 0.715. The average Bonchev–Trinajstić information content (AvgIpc) is 2.61. The van der Waals surface area contributed by atoms with Crippen molar-refractivity contribution in [2.45, 2.75) is 38.1 Å². The van der Waals surface area contributed by atoms with Gasteiger partial charge < -0.3 is 5.32 Å². The van der Waals surface area contributed by atoms with E-state index >= 15 is 0 Å². The Balaban J connectivity index is 3.29. The quantitative estimate of drug-likeness (QED) is 0.899. The van der Waals surface area contributed by atoms with Crippen molar-refractivity contribution in [1.29, 1.82) is 0 Å². The standard InChI is InChI=1S/C11H20ClN3O2S/c1-7(2)15-11(9(12)6-14-15)10(13-4)8(3)18(5,16)17/h6-8,10,13H,1-5H3. The third-order valence-corrected chi connectivity index (χ3v) is 4.94. The van der Waals surface area contributed by atoms with E-state index in [1.165, 1.54) is 6.26 Å². The van der Waals surface area contributed by atoms with Crippen molar-refractivity contribution in [3.8, 4) is 0 Å². The molecule has 0 saturated carbocycles. The van der Waals surface area contributed by atoms with Crippen molar-refractivity contribution >= 4 is 21.4 Å². The molecule has 0 spiro atoms. The van der Waals surface area contributed by atoms with E-state index in [0.717, 1.165) is 0 Å². The van der Waals surface area contributed by atoms with Gasteiger partial charge in [0.15, 0.2) is 9.84 Å². The first-order valence-electron chi connectivity index (χ1n) is 5.79. The summed E-state index contributed by atoms with van der Waals surface area (Å²) in [6, 6.07) is -0.257. The van der Waals surface area contributed by atoms with Crippen LogP contribution in [0, 0.1) is 0 Å². The third-order valence-electron chi connectivity index (χ3n) is 3.03. The summed E-state index contributed by atoms with van der Waals surface area (Å²) < 4.78 is 25.2. The van der Waals surface area contributed by atoms with Crippen molar-refractivity contribution in [2.24, 2.45) is 0 Å². The van der Waals surface area contributed by atoms with Gasteiger partial charge in [-0.15, -0.1) is 0 Å². The maximum absolute atomic E-state index is 11.7. The summed E-state index contributed by atoms with van der Waals surface area (Å²) in [6.45, 7) is 5.62. The van der Waals surface area contributed by atoms with Gasteiger partial charge in [0.1, 0.15) is 0 Å². The zero-order valence-corrected chi connectivity index (χ0v) is 12.9. The highest BCUT2D eigenvalue weighted by atomic mass is 35.5. The topological polar surface area (TPSA) is 64.0 Å². The molecule has 0 fully saturated rings. The number of sulfone groups is 1. The normalized spacial score (nSPS) is 15.9. The molecule has 0 radical (unpaired) electrons. The van der Waals surface area contributed by atoms with Gasteiger partial charge in [-0.3, -0.25) is 4.68 Å². The summed E-state index contributed by atoms with van der Waals surface area (Å²) in [4.78, 5) is 0. The van der Waals surface area contributed by atoms with Gasteiger partial charge in [-0.05, 0) is 27.8 Å². The van der Waals surface area contributed by atoms with Gasteiger partial charge in [-0.25, -0.2) is 8.42 Å². The van der Waals surface area contributed by atoms with E-state index in [0.29, 0.717) is 10.7 Å². The first kappa shape index (κ1) is 15.5. The Bertz CT molecular complexity index is 510. The molecule has 7 heteroatoms. The molecule has 0 aromatic carbocycles. The van der Waals surface area contributed by atoms with E-state index in [2.05, 4.69) is 10.4 Å². The van der Waals surface area contributed by atoms with Crippen LogP contribution in [0.5, 0.6) is 0 Å². The summed E-state index contributed by atoms with van der Waals surface area (Å²) >= 11 is 6.14. The molecule has 0 aliphatic rings. The molecule has 1 N–H and O–H groups in total. The second-order valence-electron chi connectivity index (χ2n) is 4.72. The monoisotopic (exact) mass is 293 g/mol. The fourth-order valence-electron chi connectivity index (χ4n) is 1.89. The van der Waals surface area contributed by atoms with Gasteiger partial charge >= 0.3 is 0 Å².